The summed E-state index contributed by atoms with van der Waals surface area (Å²) in [7, 11) is -3.29. The third-order valence-electron chi connectivity index (χ3n) is 2.26. The molecule has 0 aliphatic rings. The second-order valence-corrected chi connectivity index (χ2v) is 6.78. The SMILES string of the molecule is CC(Cl)CC(C)NS(=O)(=O)Cc1ccccc1. The van der Waals surface area contributed by atoms with Crippen molar-refractivity contribution < 1.29 is 8.42 Å². The van der Waals surface area contributed by atoms with Gasteiger partial charge in [-0.3, -0.25) is 0 Å². The van der Waals surface area contributed by atoms with Gasteiger partial charge in [-0.05, 0) is 25.8 Å². The van der Waals surface area contributed by atoms with E-state index in [2.05, 4.69) is 4.72 Å². The first-order chi connectivity index (χ1) is 7.89. The molecule has 17 heavy (non-hydrogen) atoms. The molecule has 5 heteroatoms. The number of benzene rings is 1. The molecule has 1 aromatic carbocycles. The predicted octanol–water partition coefficient (Wildman–Crippen LogP) is 2.51. The van der Waals surface area contributed by atoms with E-state index in [1.807, 2.05) is 32.0 Å². The Balaban J connectivity index is 2.58. The van der Waals surface area contributed by atoms with E-state index in [1.165, 1.54) is 0 Å². The molecule has 1 N–H and O–H groups in total. The maximum absolute atomic E-state index is 11.8. The first kappa shape index (κ1) is 14.5. The van der Waals surface area contributed by atoms with E-state index < -0.39 is 10.0 Å². The average molecular weight is 276 g/mol. The van der Waals surface area contributed by atoms with Crippen LogP contribution in [-0.4, -0.2) is 19.8 Å². The molecule has 2 unspecified atom stereocenters. The van der Waals surface area contributed by atoms with Crippen molar-refractivity contribution in [3.63, 3.8) is 0 Å². The molecule has 1 rings (SSSR count). The van der Waals surface area contributed by atoms with Crippen LogP contribution in [0.15, 0.2) is 30.3 Å². The molecule has 0 spiro atoms. The van der Waals surface area contributed by atoms with E-state index in [1.54, 1.807) is 12.1 Å². The Morgan fingerprint density at radius 1 is 1.24 bits per heavy atom. The molecule has 0 aliphatic carbocycles. The zero-order valence-electron chi connectivity index (χ0n) is 10.1. The fraction of sp³-hybridized carbons (Fsp3) is 0.500. The lowest BCUT2D eigenvalue weighted by Gasteiger charge is -2.15. The fourth-order valence-corrected chi connectivity index (χ4v) is 3.37. The Bertz CT molecular complexity index is 431. The van der Waals surface area contributed by atoms with Crippen LogP contribution in [0.3, 0.4) is 0 Å². The minimum Gasteiger partial charge on any atom is -0.212 e. The summed E-state index contributed by atoms with van der Waals surface area (Å²) in [6.07, 6.45) is 0.621. The fourth-order valence-electron chi connectivity index (χ4n) is 1.68. The van der Waals surface area contributed by atoms with Crippen LogP contribution < -0.4 is 4.72 Å². The van der Waals surface area contributed by atoms with Gasteiger partial charge in [-0.2, -0.15) is 0 Å². The second kappa shape index (κ2) is 6.38. The van der Waals surface area contributed by atoms with Crippen molar-refractivity contribution in [2.45, 2.75) is 37.4 Å². The molecule has 0 radical (unpaired) electrons. The highest BCUT2D eigenvalue weighted by atomic mass is 35.5. The van der Waals surface area contributed by atoms with Crippen LogP contribution in [0.1, 0.15) is 25.8 Å². The summed E-state index contributed by atoms with van der Waals surface area (Å²) in [5, 5.41) is -0.0376. The first-order valence-corrected chi connectivity index (χ1v) is 7.66. The Hall–Kier alpha value is -0.580. The van der Waals surface area contributed by atoms with Gasteiger partial charge in [-0.15, -0.1) is 11.6 Å². The van der Waals surface area contributed by atoms with E-state index in [-0.39, 0.29) is 17.2 Å². The predicted molar refractivity (Wildman–Crippen MR) is 71.6 cm³/mol. The Labute approximate surface area is 108 Å². The molecule has 3 nitrogen and oxygen atoms in total. The van der Waals surface area contributed by atoms with E-state index in [4.69, 9.17) is 11.6 Å². The van der Waals surface area contributed by atoms with Crippen molar-refractivity contribution >= 4 is 21.6 Å². The lowest BCUT2D eigenvalue weighted by Crippen LogP contribution is -2.34. The van der Waals surface area contributed by atoms with E-state index in [0.29, 0.717) is 6.42 Å². The van der Waals surface area contributed by atoms with Gasteiger partial charge in [0.1, 0.15) is 0 Å². The number of sulfonamides is 1. The third-order valence-corrected chi connectivity index (χ3v) is 3.91. The molecule has 0 aromatic heterocycles. The first-order valence-electron chi connectivity index (χ1n) is 5.57. The minimum atomic E-state index is -3.29. The molecule has 0 amide bonds. The highest BCUT2D eigenvalue weighted by Crippen LogP contribution is 2.08. The molecule has 0 saturated heterocycles. The van der Waals surface area contributed by atoms with Crippen LogP contribution >= 0.6 is 11.6 Å². The monoisotopic (exact) mass is 275 g/mol. The summed E-state index contributed by atoms with van der Waals surface area (Å²) in [4.78, 5) is 0. The van der Waals surface area contributed by atoms with Gasteiger partial charge in [0.15, 0.2) is 0 Å². The molecule has 1 aromatic rings. The zero-order valence-corrected chi connectivity index (χ0v) is 11.6. The summed E-state index contributed by atoms with van der Waals surface area (Å²) >= 11 is 5.83. The largest absolute Gasteiger partial charge is 0.216 e. The maximum Gasteiger partial charge on any atom is 0.216 e. The highest BCUT2D eigenvalue weighted by Gasteiger charge is 2.16. The Morgan fingerprint density at radius 3 is 2.35 bits per heavy atom. The van der Waals surface area contributed by atoms with Crippen LogP contribution in [0.4, 0.5) is 0 Å². The van der Waals surface area contributed by atoms with Crippen molar-refractivity contribution in [1.82, 2.24) is 4.72 Å². The maximum atomic E-state index is 11.8. The van der Waals surface area contributed by atoms with Crippen LogP contribution in [0.5, 0.6) is 0 Å². The topological polar surface area (TPSA) is 46.2 Å². The van der Waals surface area contributed by atoms with Crippen LogP contribution in [0.25, 0.3) is 0 Å². The van der Waals surface area contributed by atoms with Gasteiger partial charge in [0, 0.05) is 11.4 Å². The lowest BCUT2D eigenvalue weighted by molar-refractivity contribution is 0.545. The average Bonchev–Trinajstić information content (AvgIpc) is 2.15. The molecule has 0 saturated carbocycles. The summed E-state index contributed by atoms with van der Waals surface area (Å²) in [5.41, 5.74) is 0.783. The smallest absolute Gasteiger partial charge is 0.212 e. The number of nitrogens with one attached hydrogen (secondary N) is 1. The number of hydrogen-bond acceptors (Lipinski definition) is 2. The van der Waals surface area contributed by atoms with Gasteiger partial charge >= 0.3 is 0 Å². The van der Waals surface area contributed by atoms with E-state index in [9.17, 15) is 8.42 Å². The normalized spacial score (nSPS) is 15.5. The lowest BCUT2D eigenvalue weighted by atomic mass is 10.2. The van der Waals surface area contributed by atoms with E-state index in [0.717, 1.165) is 5.56 Å². The van der Waals surface area contributed by atoms with E-state index >= 15 is 0 Å². The summed E-state index contributed by atoms with van der Waals surface area (Å²) in [5.74, 6) is 0.00878. The molecule has 2 atom stereocenters. The Kier molecular flexibility index (Phi) is 5.43. The van der Waals surface area contributed by atoms with Gasteiger partial charge in [-0.1, -0.05) is 30.3 Å². The Morgan fingerprint density at radius 2 is 1.82 bits per heavy atom. The zero-order chi connectivity index (χ0) is 12.9. The van der Waals surface area contributed by atoms with Crippen molar-refractivity contribution in [2.75, 3.05) is 0 Å². The van der Waals surface area contributed by atoms with Gasteiger partial charge in [0.2, 0.25) is 10.0 Å². The van der Waals surface area contributed by atoms with Gasteiger partial charge in [-0.25, -0.2) is 13.1 Å². The molecule has 0 bridgehead atoms. The third kappa shape index (κ3) is 6.05. The molecule has 96 valence electrons. The molecular formula is C12H18ClNO2S. The van der Waals surface area contributed by atoms with Crippen molar-refractivity contribution in [1.29, 1.82) is 0 Å². The number of halogens is 1. The van der Waals surface area contributed by atoms with Crippen molar-refractivity contribution in [3.05, 3.63) is 35.9 Å². The quantitative estimate of drug-likeness (QED) is 0.811. The number of rotatable bonds is 6. The van der Waals surface area contributed by atoms with Crippen molar-refractivity contribution in [3.8, 4) is 0 Å². The molecule has 0 heterocycles. The van der Waals surface area contributed by atoms with Crippen LogP contribution in [0, 0.1) is 0 Å². The van der Waals surface area contributed by atoms with Crippen LogP contribution in [-0.2, 0) is 15.8 Å². The summed E-state index contributed by atoms with van der Waals surface area (Å²) in [6, 6.07) is 8.98. The molecule has 0 fully saturated rings. The number of hydrogen-bond donors (Lipinski definition) is 1. The van der Waals surface area contributed by atoms with Gasteiger partial charge in [0.25, 0.3) is 0 Å². The molecule has 0 aliphatic heterocycles. The minimum absolute atomic E-state index is 0.00878. The summed E-state index contributed by atoms with van der Waals surface area (Å²) in [6.45, 7) is 3.67. The number of alkyl halides is 1. The van der Waals surface area contributed by atoms with Crippen LogP contribution in [0.2, 0.25) is 0 Å². The van der Waals surface area contributed by atoms with Gasteiger partial charge < -0.3 is 0 Å². The standard InChI is InChI=1S/C12H18ClNO2S/c1-10(13)8-11(2)14-17(15,16)9-12-6-4-3-5-7-12/h3-7,10-11,14H,8-9H2,1-2H3. The molecular weight excluding hydrogens is 258 g/mol. The highest BCUT2D eigenvalue weighted by molar-refractivity contribution is 7.88. The van der Waals surface area contributed by atoms with Crippen molar-refractivity contribution in [2.24, 2.45) is 0 Å². The van der Waals surface area contributed by atoms with Gasteiger partial charge in [0.05, 0.1) is 5.75 Å². The summed E-state index contributed by atoms with van der Waals surface area (Å²) < 4.78 is 26.3. The second-order valence-electron chi connectivity index (χ2n) is 4.28.